The van der Waals surface area contributed by atoms with E-state index in [9.17, 15) is 4.39 Å². The Hall–Kier alpha value is -0.540. The quantitative estimate of drug-likeness (QED) is 0.753. The molecular formula is C10H13FOS. The van der Waals surface area contributed by atoms with Gasteiger partial charge in [-0.25, -0.2) is 4.39 Å². The lowest BCUT2D eigenvalue weighted by molar-refractivity contribution is 0.284. The van der Waals surface area contributed by atoms with E-state index in [-0.39, 0.29) is 11.3 Å². The van der Waals surface area contributed by atoms with Gasteiger partial charge in [-0.05, 0) is 36.8 Å². The zero-order valence-corrected chi connectivity index (χ0v) is 8.35. The highest BCUT2D eigenvalue weighted by atomic mass is 32.2. The molecule has 0 heterocycles. The second-order valence-electron chi connectivity index (χ2n) is 2.85. The van der Waals surface area contributed by atoms with E-state index in [2.05, 4.69) is 0 Å². The summed E-state index contributed by atoms with van der Waals surface area (Å²) < 4.78 is 12.5. The fraction of sp³-hybridized carbons (Fsp3) is 0.400. The SMILES string of the molecule is CC(O)SCCc1ccc(F)cc1. The second kappa shape index (κ2) is 5.25. The van der Waals surface area contributed by atoms with Crippen LogP contribution in [0.15, 0.2) is 24.3 Å². The van der Waals surface area contributed by atoms with Crippen molar-refractivity contribution in [2.24, 2.45) is 0 Å². The van der Waals surface area contributed by atoms with Gasteiger partial charge >= 0.3 is 0 Å². The lowest BCUT2D eigenvalue weighted by Crippen LogP contribution is -1.96. The Kier molecular flexibility index (Phi) is 4.25. The van der Waals surface area contributed by atoms with E-state index in [0.29, 0.717) is 0 Å². The van der Waals surface area contributed by atoms with Crippen molar-refractivity contribution in [3.63, 3.8) is 0 Å². The molecule has 13 heavy (non-hydrogen) atoms. The Labute approximate surface area is 82.0 Å². The molecule has 1 aromatic rings. The van der Waals surface area contributed by atoms with Crippen LogP contribution in [0.3, 0.4) is 0 Å². The molecule has 0 saturated heterocycles. The molecule has 0 fully saturated rings. The summed E-state index contributed by atoms with van der Waals surface area (Å²) in [7, 11) is 0. The summed E-state index contributed by atoms with van der Waals surface area (Å²) in [4.78, 5) is 0. The highest BCUT2D eigenvalue weighted by Gasteiger charge is 1.97. The number of hydrogen-bond donors (Lipinski definition) is 1. The number of thioether (sulfide) groups is 1. The van der Waals surface area contributed by atoms with Crippen LogP contribution in [0.5, 0.6) is 0 Å². The van der Waals surface area contributed by atoms with Gasteiger partial charge in [0.2, 0.25) is 0 Å². The number of halogens is 1. The first-order valence-corrected chi connectivity index (χ1v) is 5.27. The van der Waals surface area contributed by atoms with Crippen LogP contribution in [0, 0.1) is 5.82 Å². The maximum atomic E-state index is 12.5. The smallest absolute Gasteiger partial charge is 0.123 e. The maximum absolute atomic E-state index is 12.5. The lowest BCUT2D eigenvalue weighted by Gasteiger charge is -2.03. The maximum Gasteiger partial charge on any atom is 0.123 e. The number of rotatable bonds is 4. The zero-order chi connectivity index (χ0) is 9.68. The Morgan fingerprint density at radius 1 is 1.38 bits per heavy atom. The molecule has 0 spiro atoms. The third-order valence-corrected chi connectivity index (χ3v) is 2.59. The summed E-state index contributed by atoms with van der Waals surface area (Å²) in [6.07, 6.45) is 0.871. The Morgan fingerprint density at radius 2 is 2.00 bits per heavy atom. The molecule has 0 saturated carbocycles. The van der Waals surface area contributed by atoms with Crippen molar-refractivity contribution in [1.29, 1.82) is 0 Å². The standard InChI is InChI=1S/C10H13FOS/c1-8(12)13-7-6-9-2-4-10(11)5-3-9/h2-5,8,12H,6-7H2,1H3. The first kappa shape index (κ1) is 10.5. The molecule has 1 nitrogen and oxygen atoms in total. The molecule has 0 aliphatic heterocycles. The fourth-order valence-electron chi connectivity index (χ4n) is 0.998. The van der Waals surface area contributed by atoms with Crippen LogP contribution >= 0.6 is 11.8 Å². The molecule has 0 bridgehead atoms. The molecule has 1 atom stereocenters. The van der Waals surface area contributed by atoms with Gasteiger partial charge < -0.3 is 5.11 Å². The van der Waals surface area contributed by atoms with Crippen LogP contribution < -0.4 is 0 Å². The Bertz CT molecular complexity index is 246. The molecule has 0 amide bonds. The first-order chi connectivity index (χ1) is 6.18. The minimum atomic E-state index is -0.319. The van der Waals surface area contributed by atoms with Gasteiger partial charge in [0, 0.05) is 0 Å². The Balaban J connectivity index is 2.33. The van der Waals surface area contributed by atoms with Crippen molar-refractivity contribution in [2.75, 3.05) is 5.75 Å². The number of aliphatic hydroxyl groups is 1. The van der Waals surface area contributed by atoms with Gasteiger partial charge in [0.1, 0.15) is 5.82 Å². The van der Waals surface area contributed by atoms with Gasteiger partial charge in [0.15, 0.2) is 0 Å². The van der Waals surface area contributed by atoms with E-state index in [0.717, 1.165) is 17.7 Å². The third-order valence-electron chi connectivity index (χ3n) is 1.66. The summed E-state index contributed by atoms with van der Waals surface area (Å²) in [5.41, 5.74) is 0.787. The largest absolute Gasteiger partial charge is 0.383 e. The van der Waals surface area contributed by atoms with Gasteiger partial charge in [-0.1, -0.05) is 12.1 Å². The number of aliphatic hydroxyl groups excluding tert-OH is 1. The summed E-state index contributed by atoms with van der Waals surface area (Å²) in [6, 6.07) is 6.47. The predicted molar refractivity (Wildman–Crippen MR) is 54.2 cm³/mol. The van der Waals surface area contributed by atoms with Gasteiger partial charge in [0.25, 0.3) is 0 Å². The average molecular weight is 200 g/mol. The summed E-state index contributed by atoms with van der Waals surface area (Å²) in [6.45, 7) is 1.75. The van der Waals surface area contributed by atoms with Crippen molar-refractivity contribution in [2.45, 2.75) is 18.8 Å². The van der Waals surface area contributed by atoms with Crippen molar-refractivity contribution in [3.8, 4) is 0 Å². The molecule has 1 rings (SSSR count). The van der Waals surface area contributed by atoms with Gasteiger partial charge in [-0.15, -0.1) is 11.8 Å². The molecule has 0 aliphatic carbocycles. The highest BCUT2D eigenvalue weighted by molar-refractivity contribution is 7.99. The monoisotopic (exact) mass is 200 g/mol. The minimum Gasteiger partial charge on any atom is -0.383 e. The van der Waals surface area contributed by atoms with E-state index in [1.807, 2.05) is 0 Å². The highest BCUT2D eigenvalue weighted by Crippen LogP contribution is 2.11. The second-order valence-corrected chi connectivity index (χ2v) is 4.27. The van der Waals surface area contributed by atoms with Crippen LogP contribution in [-0.2, 0) is 6.42 Å². The Morgan fingerprint density at radius 3 is 2.54 bits per heavy atom. The molecule has 1 aromatic carbocycles. The third kappa shape index (κ3) is 4.29. The molecular weight excluding hydrogens is 187 g/mol. The zero-order valence-electron chi connectivity index (χ0n) is 7.53. The van der Waals surface area contributed by atoms with E-state index in [1.165, 1.54) is 23.9 Å². The fourth-order valence-corrected chi connectivity index (χ4v) is 1.69. The molecule has 1 N–H and O–H groups in total. The molecule has 1 unspecified atom stereocenters. The van der Waals surface area contributed by atoms with Crippen molar-refractivity contribution in [3.05, 3.63) is 35.6 Å². The number of aryl methyl sites for hydroxylation is 1. The molecule has 3 heteroatoms. The predicted octanol–water partition coefficient (Wildman–Crippen LogP) is 2.44. The van der Waals surface area contributed by atoms with E-state index in [1.54, 1.807) is 19.1 Å². The minimum absolute atomic E-state index is 0.202. The van der Waals surface area contributed by atoms with Crippen molar-refractivity contribution in [1.82, 2.24) is 0 Å². The van der Waals surface area contributed by atoms with Crippen LogP contribution in [0.25, 0.3) is 0 Å². The van der Waals surface area contributed by atoms with Crippen molar-refractivity contribution < 1.29 is 9.50 Å². The lowest BCUT2D eigenvalue weighted by atomic mass is 10.2. The van der Waals surface area contributed by atoms with Crippen LogP contribution in [0.4, 0.5) is 4.39 Å². The summed E-state index contributed by atoms with van der Waals surface area (Å²) in [5.74, 6) is 0.662. The summed E-state index contributed by atoms with van der Waals surface area (Å²) in [5, 5.41) is 8.98. The van der Waals surface area contributed by atoms with Crippen molar-refractivity contribution >= 4 is 11.8 Å². The van der Waals surface area contributed by atoms with Crippen LogP contribution in [0.1, 0.15) is 12.5 Å². The van der Waals surface area contributed by atoms with E-state index in [4.69, 9.17) is 5.11 Å². The van der Waals surface area contributed by atoms with E-state index < -0.39 is 0 Å². The molecule has 0 aliphatic rings. The molecule has 0 aromatic heterocycles. The van der Waals surface area contributed by atoms with Gasteiger partial charge in [0.05, 0.1) is 5.44 Å². The molecule has 72 valence electrons. The van der Waals surface area contributed by atoms with Crippen LogP contribution in [0.2, 0.25) is 0 Å². The summed E-state index contributed by atoms with van der Waals surface area (Å²) >= 11 is 1.49. The number of benzene rings is 1. The van der Waals surface area contributed by atoms with E-state index >= 15 is 0 Å². The van der Waals surface area contributed by atoms with Crippen LogP contribution in [-0.4, -0.2) is 16.3 Å². The normalized spacial score (nSPS) is 12.8. The van der Waals surface area contributed by atoms with Gasteiger partial charge in [-0.3, -0.25) is 0 Å². The first-order valence-electron chi connectivity index (χ1n) is 4.22. The molecule has 0 radical (unpaired) electrons. The number of hydrogen-bond acceptors (Lipinski definition) is 2. The van der Waals surface area contributed by atoms with Gasteiger partial charge in [-0.2, -0.15) is 0 Å². The topological polar surface area (TPSA) is 20.2 Å². The average Bonchev–Trinajstić information content (AvgIpc) is 2.08.